The summed E-state index contributed by atoms with van der Waals surface area (Å²) in [5, 5.41) is 9.32. The maximum absolute atomic E-state index is 11.6. The minimum Gasteiger partial charge on any atom is -0.479 e. The standard InChI is InChI=1S/C12H17NO3S/c1-7(2)13(9(4)14)11(12(15)16)10-6-5-8(3)17-10/h5-7,11H,1-4H3,(H,15,16). The van der Waals surface area contributed by atoms with Crippen molar-refractivity contribution >= 4 is 23.2 Å². The molecule has 0 fully saturated rings. The van der Waals surface area contributed by atoms with Gasteiger partial charge >= 0.3 is 5.97 Å². The molecule has 0 radical (unpaired) electrons. The molecule has 0 aliphatic carbocycles. The third-order valence-corrected chi connectivity index (χ3v) is 3.52. The van der Waals surface area contributed by atoms with Crippen LogP contribution in [0.1, 0.15) is 36.6 Å². The SMILES string of the molecule is CC(=O)N(C(C)C)C(C(=O)O)c1ccc(C)s1. The zero-order chi connectivity index (χ0) is 13.2. The lowest BCUT2D eigenvalue weighted by Gasteiger charge is -2.30. The molecule has 0 aliphatic heterocycles. The van der Waals surface area contributed by atoms with Crippen LogP contribution in [-0.2, 0) is 9.59 Å². The van der Waals surface area contributed by atoms with Gasteiger partial charge in [-0.25, -0.2) is 4.79 Å². The average Bonchev–Trinajstić information content (AvgIpc) is 2.58. The fourth-order valence-electron chi connectivity index (χ4n) is 1.82. The summed E-state index contributed by atoms with van der Waals surface area (Å²) < 4.78 is 0. The van der Waals surface area contributed by atoms with E-state index in [2.05, 4.69) is 0 Å². The normalized spacial score (nSPS) is 12.5. The second-order valence-corrected chi connectivity index (χ2v) is 5.53. The van der Waals surface area contributed by atoms with E-state index < -0.39 is 12.0 Å². The number of thiophene rings is 1. The first-order valence-corrected chi connectivity index (χ1v) is 6.24. The minimum atomic E-state index is -0.990. The van der Waals surface area contributed by atoms with Gasteiger partial charge in [-0.3, -0.25) is 4.79 Å². The van der Waals surface area contributed by atoms with E-state index in [0.29, 0.717) is 4.88 Å². The summed E-state index contributed by atoms with van der Waals surface area (Å²) in [7, 11) is 0. The number of aliphatic carboxylic acids is 1. The Labute approximate surface area is 105 Å². The molecule has 94 valence electrons. The lowest BCUT2D eigenvalue weighted by Crippen LogP contribution is -2.41. The van der Waals surface area contributed by atoms with Crippen LogP contribution in [-0.4, -0.2) is 27.9 Å². The summed E-state index contributed by atoms with van der Waals surface area (Å²) in [6.45, 7) is 6.95. The molecule has 0 aliphatic rings. The zero-order valence-corrected chi connectivity index (χ0v) is 11.2. The van der Waals surface area contributed by atoms with Crippen LogP contribution in [0.15, 0.2) is 12.1 Å². The predicted molar refractivity (Wildman–Crippen MR) is 67.1 cm³/mol. The van der Waals surface area contributed by atoms with E-state index >= 15 is 0 Å². The Kier molecular flexibility index (Phi) is 4.28. The maximum atomic E-state index is 11.6. The van der Waals surface area contributed by atoms with Gasteiger partial charge in [0.15, 0.2) is 6.04 Å². The Hall–Kier alpha value is -1.36. The van der Waals surface area contributed by atoms with Crippen LogP contribution in [0.4, 0.5) is 0 Å². The fourth-order valence-corrected chi connectivity index (χ4v) is 2.79. The molecule has 4 nitrogen and oxygen atoms in total. The predicted octanol–water partition coefficient (Wildman–Crippen LogP) is 2.44. The maximum Gasteiger partial charge on any atom is 0.331 e. The van der Waals surface area contributed by atoms with E-state index in [-0.39, 0.29) is 11.9 Å². The van der Waals surface area contributed by atoms with E-state index in [0.717, 1.165) is 4.88 Å². The highest BCUT2D eigenvalue weighted by atomic mass is 32.1. The Bertz CT molecular complexity index is 425. The number of carbonyl (C=O) groups excluding carboxylic acids is 1. The average molecular weight is 255 g/mol. The van der Waals surface area contributed by atoms with Crippen molar-refractivity contribution in [2.24, 2.45) is 0 Å². The van der Waals surface area contributed by atoms with E-state index in [1.807, 2.05) is 26.8 Å². The molecule has 0 bridgehead atoms. The molecule has 1 amide bonds. The third-order valence-electron chi connectivity index (χ3n) is 2.46. The van der Waals surface area contributed by atoms with Crippen LogP contribution in [0, 0.1) is 6.92 Å². The summed E-state index contributed by atoms with van der Waals surface area (Å²) in [5.74, 6) is -1.21. The van der Waals surface area contributed by atoms with Crippen LogP contribution < -0.4 is 0 Å². The molecule has 1 atom stereocenters. The molecule has 17 heavy (non-hydrogen) atoms. The van der Waals surface area contributed by atoms with Crippen LogP contribution in [0.5, 0.6) is 0 Å². The third kappa shape index (κ3) is 3.06. The van der Waals surface area contributed by atoms with Gasteiger partial charge in [-0.15, -0.1) is 11.3 Å². The minimum absolute atomic E-state index is 0.143. The zero-order valence-electron chi connectivity index (χ0n) is 10.4. The summed E-state index contributed by atoms with van der Waals surface area (Å²) in [4.78, 5) is 26.1. The molecule has 1 rings (SSSR count). The summed E-state index contributed by atoms with van der Waals surface area (Å²) in [6, 6.07) is 2.62. The Morgan fingerprint density at radius 1 is 1.35 bits per heavy atom. The number of carbonyl (C=O) groups is 2. The first kappa shape index (κ1) is 13.7. The molecule has 5 heteroatoms. The van der Waals surface area contributed by atoms with Crippen LogP contribution >= 0.6 is 11.3 Å². The Morgan fingerprint density at radius 3 is 2.24 bits per heavy atom. The van der Waals surface area contributed by atoms with Gasteiger partial charge in [0.1, 0.15) is 0 Å². The molecule has 1 heterocycles. The van der Waals surface area contributed by atoms with Crippen molar-refractivity contribution < 1.29 is 14.7 Å². The number of aryl methyl sites for hydroxylation is 1. The molecule has 0 saturated carbocycles. The molecule has 1 N–H and O–H groups in total. The van der Waals surface area contributed by atoms with Crippen LogP contribution in [0.2, 0.25) is 0 Å². The first-order valence-electron chi connectivity index (χ1n) is 5.42. The highest BCUT2D eigenvalue weighted by Gasteiger charge is 2.32. The van der Waals surface area contributed by atoms with Crippen molar-refractivity contribution in [3.8, 4) is 0 Å². The molecule has 1 aromatic heterocycles. The molecule has 0 saturated heterocycles. The number of nitrogens with zero attached hydrogens (tertiary/aromatic N) is 1. The smallest absolute Gasteiger partial charge is 0.331 e. The summed E-state index contributed by atoms with van der Waals surface area (Å²) in [5.41, 5.74) is 0. The van der Waals surface area contributed by atoms with E-state index in [9.17, 15) is 14.7 Å². The number of amides is 1. The number of hydrogen-bond donors (Lipinski definition) is 1. The molecule has 0 aromatic carbocycles. The number of carboxylic acid groups (broad SMARTS) is 1. The Balaban J connectivity index is 3.16. The number of rotatable bonds is 4. The highest BCUT2D eigenvalue weighted by Crippen LogP contribution is 2.29. The summed E-state index contributed by atoms with van der Waals surface area (Å²) in [6.07, 6.45) is 0. The quantitative estimate of drug-likeness (QED) is 0.899. The van der Waals surface area contributed by atoms with Crippen LogP contribution in [0.3, 0.4) is 0 Å². The van der Waals surface area contributed by atoms with Crippen molar-refractivity contribution in [2.75, 3.05) is 0 Å². The number of hydrogen-bond acceptors (Lipinski definition) is 3. The van der Waals surface area contributed by atoms with E-state index in [1.54, 1.807) is 6.07 Å². The van der Waals surface area contributed by atoms with Gasteiger partial charge in [-0.2, -0.15) is 0 Å². The monoisotopic (exact) mass is 255 g/mol. The molecule has 0 spiro atoms. The van der Waals surface area contributed by atoms with Gasteiger partial charge in [0.05, 0.1) is 0 Å². The second kappa shape index (κ2) is 5.31. The topological polar surface area (TPSA) is 57.6 Å². The van der Waals surface area contributed by atoms with Crippen LogP contribution in [0.25, 0.3) is 0 Å². The highest BCUT2D eigenvalue weighted by molar-refractivity contribution is 7.12. The van der Waals surface area contributed by atoms with Crippen molar-refractivity contribution in [1.29, 1.82) is 0 Å². The largest absolute Gasteiger partial charge is 0.479 e. The van der Waals surface area contributed by atoms with Crippen molar-refractivity contribution in [3.63, 3.8) is 0 Å². The van der Waals surface area contributed by atoms with Gasteiger partial charge < -0.3 is 10.0 Å². The second-order valence-electron chi connectivity index (χ2n) is 4.21. The lowest BCUT2D eigenvalue weighted by atomic mass is 10.1. The molecule has 1 unspecified atom stereocenters. The van der Waals surface area contributed by atoms with Gasteiger partial charge in [0.25, 0.3) is 0 Å². The lowest BCUT2D eigenvalue weighted by molar-refractivity contribution is -0.151. The van der Waals surface area contributed by atoms with Gasteiger partial charge in [-0.05, 0) is 32.9 Å². The molecular formula is C12H17NO3S. The van der Waals surface area contributed by atoms with Crippen molar-refractivity contribution in [3.05, 3.63) is 21.9 Å². The number of carboxylic acids is 1. The molecular weight excluding hydrogens is 238 g/mol. The van der Waals surface area contributed by atoms with Gasteiger partial charge in [0, 0.05) is 22.7 Å². The van der Waals surface area contributed by atoms with Crippen molar-refractivity contribution in [1.82, 2.24) is 4.90 Å². The Morgan fingerprint density at radius 2 is 1.94 bits per heavy atom. The van der Waals surface area contributed by atoms with Gasteiger partial charge in [0.2, 0.25) is 5.91 Å². The van der Waals surface area contributed by atoms with Gasteiger partial charge in [-0.1, -0.05) is 0 Å². The van der Waals surface area contributed by atoms with Crippen molar-refractivity contribution in [2.45, 2.75) is 39.8 Å². The molecule has 1 aromatic rings. The summed E-state index contributed by atoms with van der Waals surface area (Å²) >= 11 is 1.41. The van der Waals surface area contributed by atoms with E-state index in [4.69, 9.17) is 0 Å². The van der Waals surface area contributed by atoms with E-state index in [1.165, 1.54) is 23.2 Å². The fraction of sp³-hybridized carbons (Fsp3) is 0.500. The first-order chi connectivity index (χ1) is 7.84.